The number of fused-ring (bicyclic) bond motifs is 1. The molecule has 1 heterocycles. The van der Waals surface area contributed by atoms with Crippen molar-refractivity contribution in [1.82, 2.24) is 5.32 Å². The van der Waals surface area contributed by atoms with Crippen molar-refractivity contribution in [2.75, 3.05) is 25.1 Å². The molecule has 23 heavy (non-hydrogen) atoms. The Balaban J connectivity index is 1.65. The zero-order valence-electron chi connectivity index (χ0n) is 13.1. The number of hydrogen-bond acceptors (Lipinski definition) is 4. The number of esters is 1. The standard InChI is InChI=1S/C17H20N2O4/c1-23-16(21)9-18-17(22)13-8-15(20)19(10-13)14-6-5-11-3-2-4-12(11)7-14/h5-7,13H,2-4,8-10H2,1H3,(H,18,22)/t13-/m1/s1. The molecule has 2 amide bonds. The van der Waals surface area contributed by atoms with Crippen LogP contribution in [0, 0.1) is 5.92 Å². The van der Waals surface area contributed by atoms with E-state index >= 15 is 0 Å². The highest BCUT2D eigenvalue weighted by Crippen LogP contribution is 2.30. The first kappa shape index (κ1) is 15.5. The molecule has 3 rings (SSSR count). The number of nitrogens with one attached hydrogen (secondary N) is 1. The molecule has 1 aromatic rings. The lowest BCUT2D eigenvalue weighted by Gasteiger charge is -2.18. The van der Waals surface area contributed by atoms with E-state index in [-0.39, 0.29) is 24.8 Å². The number of nitrogens with zero attached hydrogens (tertiary/aromatic N) is 1. The lowest BCUT2D eigenvalue weighted by molar-refractivity contribution is -0.141. The quantitative estimate of drug-likeness (QED) is 0.834. The van der Waals surface area contributed by atoms with Crippen LogP contribution in [0.2, 0.25) is 0 Å². The van der Waals surface area contributed by atoms with Gasteiger partial charge in [-0.2, -0.15) is 0 Å². The van der Waals surface area contributed by atoms with E-state index < -0.39 is 11.9 Å². The van der Waals surface area contributed by atoms with Crippen LogP contribution in [0.4, 0.5) is 5.69 Å². The first-order valence-corrected chi connectivity index (χ1v) is 7.85. The van der Waals surface area contributed by atoms with E-state index in [1.165, 1.54) is 18.2 Å². The summed E-state index contributed by atoms with van der Waals surface area (Å²) in [6, 6.07) is 6.10. The maximum atomic E-state index is 12.2. The number of hydrogen-bond donors (Lipinski definition) is 1. The number of anilines is 1. The lowest BCUT2D eigenvalue weighted by Crippen LogP contribution is -2.36. The van der Waals surface area contributed by atoms with Gasteiger partial charge in [0.1, 0.15) is 6.54 Å². The zero-order valence-corrected chi connectivity index (χ0v) is 13.1. The number of aryl methyl sites for hydroxylation is 2. The minimum Gasteiger partial charge on any atom is -0.468 e. The molecule has 0 radical (unpaired) electrons. The predicted molar refractivity (Wildman–Crippen MR) is 84.0 cm³/mol. The highest BCUT2D eigenvalue weighted by atomic mass is 16.5. The third-order valence-corrected chi connectivity index (χ3v) is 4.52. The first-order valence-electron chi connectivity index (χ1n) is 7.85. The minimum absolute atomic E-state index is 0.0545. The molecule has 6 heteroatoms. The summed E-state index contributed by atoms with van der Waals surface area (Å²) in [5.74, 6) is -1.27. The van der Waals surface area contributed by atoms with Crippen molar-refractivity contribution < 1.29 is 19.1 Å². The van der Waals surface area contributed by atoms with Crippen molar-refractivity contribution in [3.8, 4) is 0 Å². The summed E-state index contributed by atoms with van der Waals surface area (Å²) in [4.78, 5) is 37.1. The van der Waals surface area contributed by atoms with Crippen LogP contribution < -0.4 is 10.2 Å². The highest BCUT2D eigenvalue weighted by Gasteiger charge is 2.35. The third-order valence-electron chi connectivity index (χ3n) is 4.52. The Morgan fingerprint density at radius 2 is 2.09 bits per heavy atom. The normalized spacial score (nSPS) is 19.6. The van der Waals surface area contributed by atoms with E-state index in [9.17, 15) is 14.4 Å². The molecule has 0 unspecified atom stereocenters. The van der Waals surface area contributed by atoms with Gasteiger partial charge in [-0.25, -0.2) is 0 Å². The Hall–Kier alpha value is -2.37. The lowest BCUT2D eigenvalue weighted by atomic mass is 10.1. The molecule has 1 aliphatic carbocycles. The number of methoxy groups -OCH3 is 1. The van der Waals surface area contributed by atoms with Crippen molar-refractivity contribution in [2.24, 2.45) is 5.92 Å². The van der Waals surface area contributed by atoms with Gasteiger partial charge in [-0.3, -0.25) is 14.4 Å². The van der Waals surface area contributed by atoms with Gasteiger partial charge in [0.2, 0.25) is 11.8 Å². The molecule has 122 valence electrons. The second-order valence-electron chi connectivity index (χ2n) is 6.01. The van der Waals surface area contributed by atoms with E-state index in [4.69, 9.17) is 0 Å². The molecule has 0 saturated carbocycles. The number of amides is 2. The molecule has 0 spiro atoms. The van der Waals surface area contributed by atoms with Crippen LogP contribution >= 0.6 is 0 Å². The van der Waals surface area contributed by atoms with Gasteiger partial charge in [0.25, 0.3) is 0 Å². The van der Waals surface area contributed by atoms with E-state index in [0.717, 1.165) is 24.9 Å². The van der Waals surface area contributed by atoms with Crippen molar-refractivity contribution >= 4 is 23.5 Å². The van der Waals surface area contributed by atoms with E-state index in [1.807, 2.05) is 6.07 Å². The molecule has 1 atom stereocenters. The Labute approximate surface area is 134 Å². The Morgan fingerprint density at radius 1 is 1.30 bits per heavy atom. The second-order valence-corrected chi connectivity index (χ2v) is 6.01. The van der Waals surface area contributed by atoms with Gasteiger partial charge >= 0.3 is 5.97 Å². The fourth-order valence-corrected chi connectivity index (χ4v) is 3.23. The average Bonchev–Trinajstić information content (AvgIpc) is 3.17. The predicted octanol–water partition coefficient (Wildman–Crippen LogP) is 0.817. The van der Waals surface area contributed by atoms with Gasteiger partial charge in [-0.15, -0.1) is 0 Å². The number of rotatable bonds is 4. The van der Waals surface area contributed by atoms with Crippen LogP contribution in [0.15, 0.2) is 18.2 Å². The Morgan fingerprint density at radius 3 is 2.87 bits per heavy atom. The topological polar surface area (TPSA) is 75.7 Å². The highest BCUT2D eigenvalue weighted by molar-refractivity contribution is 6.00. The van der Waals surface area contributed by atoms with Crippen LogP contribution in [0.1, 0.15) is 24.0 Å². The van der Waals surface area contributed by atoms with Crippen molar-refractivity contribution in [3.63, 3.8) is 0 Å². The van der Waals surface area contributed by atoms with E-state index in [0.29, 0.717) is 6.54 Å². The molecular weight excluding hydrogens is 296 g/mol. The van der Waals surface area contributed by atoms with Crippen molar-refractivity contribution in [2.45, 2.75) is 25.7 Å². The zero-order chi connectivity index (χ0) is 16.4. The minimum atomic E-state index is -0.502. The summed E-state index contributed by atoms with van der Waals surface area (Å²) in [6.07, 6.45) is 3.48. The SMILES string of the molecule is COC(=O)CNC(=O)[C@@H]1CC(=O)N(c2ccc3c(c2)CCC3)C1. The molecule has 2 aliphatic rings. The largest absolute Gasteiger partial charge is 0.468 e. The molecule has 1 aromatic carbocycles. The average molecular weight is 316 g/mol. The molecule has 0 bridgehead atoms. The molecule has 0 aromatic heterocycles. The number of ether oxygens (including phenoxy) is 1. The smallest absolute Gasteiger partial charge is 0.325 e. The first-order chi connectivity index (χ1) is 11.1. The van der Waals surface area contributed by atoms with Gasteiger partial charge in [0, 0.05) is 18.7 Å². The van der Waals surface area contributed by atoms with E-state index in [2.05, 4.69) is 22.2 Å². The summed E-state index contributed by atoms with van der Waals surface area (Å²) in [7, 11) is 1.27. The van der Waals surface area contributed by atoms with Gasteiger partial charge in [0.05, 0.1) is 13.0 Å². The maximum absolute atomic E-state index is 12.2. The van der Waals surface area contributed by atoms with Crippen LogP contribution in [0.5, 0.6) is 0 Å². The number of carbonyl (C=O) groups is 3. The van der Waals surface area contributed by atoms with Crippen molar-refractivity contribution in [3.05, 3.63) is 29.3 Å². The van der Waals surface area contributed by atoms with Crippen LogP contribution in [-0.4, -0.2) is 38.0 Å². The van der Waals surface area contributed by atoms with Gasteiger partial charge in [0.15, 0.2) is 0 Å². The summed E-state index contributed by atoms with van der Waals surface area (Å²) in [5.41, 5.74) is 3.51. The fraction of sp³-hybridized carbons (Fsp3) is 0.471. The monoisotopic (exact) mass is 316 g/mol. The van der Waals surface area contributed by atoms with Crippen molar-refractivity contribution in [1.29, 1.82) is 0 Å². The molecule has 1 fully saturated rings. The van der Waals surface area contributed by atoms with Crippen LogP contribution in [0.25, 0.3) is 0 Å². The Bertz CT molecular complexity index is 656. The molecule has 1 saturated heterocycles. The molecule has 1 aliphatic heterocycles. The number of benzene rings is 1. The fourth-order valence-electron chi connectivity index (χ4n) is 3.23. The maximum Gasteiger partial charge on any atom is 0.325 e. The van der Waals surface area contributed by atoms with Crippen LogP contribution in [-0.2, 0) is 32.0 Å². The third kappa shape index (κ3) is 3.21. The molecular formula is C17H20N2O4. The number of carbonyl (C=O) groups excluding carboxylic acids is 3. The summed E-state index contributed by atoms with van der Waals surface area (Å²) in [5, 5.41) is 2.52. The molecule has 6 nitrogen and oxygen atoms in total. The summed E-state index contributed by atoms with van der Waals surface area (Å²) in [6.45, 7) is 0.184. The van der Waals surface area contributed by atoms with E-state index in [1.54, 1.807) is 4.90 Å². The summed E-state index contributed by atoms with van der Waals surface area (Å²) >= 11 is 0. The molecule has 1 N–H and O–H groups in total. The van der Waals surface area contributed by atoms with Gasteiger partial charge in [-0.05, 0) is 42.5 Å². The van der Waals surface area contributed by atoms with Crippen LogP contribution in [0.3, 0.4) is 0 Å². The summed E-state index contributed by atoms with van der Waals surface area (Å²) < 4.78 is 4.49. The Kier molecular flexibility index (Phi) is 4.32. The second kappa shape index (κ2) is 6.40. The van der Waals surface area contributed by atoms with Gasteiger partial charge in [-0.1, -0.05) is 6.07 Å². The van der Waals surface area contributed by atoms with Gasteiger partial charge < -0.3 is 15.0 Å².